The molecule has 0 aromatic heterocycles. The van der Waals surface area contributed by atoms with Crippen molar-refractivity contribution in [2.45, 2.75) is 130 Å². The third-order valence-electron chi connectivity index (χ3n) is 17.0. The van der Waals surface area contributed by atoms with Gasteiger partial charge in [0.25, 0.3) is 0 Å². The molecule has 9 aromatic rings. The zero-order valence-corrected chi connectivity index (χ0v) is 80.6. The van der Waals surface area contributed by atoms with Crippen molar-refractivity contribution in [3.63, 3.8) is 0 Å². The van der Waals surface area contributed by atoms with E-state index in [2.05, 4.69) is 76.7 Å². The quantitative estimate of drug-likeness (QED) is 0.0308. The molecular formula is C97H108N9O9W3-3. The summed E-state index contributed by atoms with van der Waals surface area (Å²) in [6.45, 7) is 32.0. The number of carbonyl (C=O) groups is 6. The Hall–Kier alpha value is -10.9. The number of ether oxygens (including phenoxy) is 2. The monoisotopic (exact) mass is 2090 g/mol. The fourth-order valence-corrected chi connectivity index (χ4v) is 11.8. The van der Waals surface area contributed by atoms with E-state index < -0.39 is 35.8 Å². The first-order valence-corrected chi connectivity index (χ1v) is 39.5. The first-order chi connectivity index (χ1) is 55.9. The average molecular weight is 2100 g/mol. The van der Waals surface area contributed by atoms with Crippen LogP contribution in [-0.2, 0) is 121 Å². The number of hydrogen-bond acceptors (Lipinski definition) is 17. The minimum atomic E-state index is -1.36. The Morgan fingerprint density at radius 3 is 1.00 bits per heavy atom. The Bertz CT molecular complexity index is 4900. The third kappa shape index (κ3) is 26.8. The molecule has 6 heterocycles. The Morgan fingerprint density at radius 2 is 0.703 bits per heavy atom. The van der Waals surface area contributed by atoms with Crippen LogP contribution in [0.2, 0.25) is 0 Å². The fraction of sp³-hybridized carbons (Fsp3) is 0.258. The molecule has 0 aliphatic carbocycles. The number of anilines is 3. The van der Waals surface area contributed by atoms with Gasteiger partial charge in [0, 0.05) is 177 Å². The van der Waals surface area contributed by atoms with Crippen LogP contribution in [0, 0.1) is 18.2 Å². The number of carbonyl (C=O) groups excluding carboxylic acids is 6. The van der Waals surface area contributed by atoms with E-state index in [4.69, 9.17) is 9.98 Å². The van der Waals surface area contributed by atoms with Crippen molar-refractivity contribution < 1.29 is 111 Å². The Balaban J connectivity index is 0.000000545. The van der Waals surface area contributed by atoms with Gasteiger partial charge in [-0.25, -0.2) is 24.0 Å². The maximum atomic E-state index is 12.8. The summed E-state index contributed by atoms with van der Waals surface area (Å²) in [7, 11) is 12.0. The molecule has 0 saturated carbocycles. The second-order valence-electron chi connectivity index (χ2n) is 24.2. The number of carboxylic acids is 1. The van der Waals surface area contributed by atoms with E-state index >= 15 is 0 Å². The molecule has 6 aliphatic rings. The van der Waals surface area contributed by atoms with Crippen LogP contribution < -0.4 is 19.8 Å². The number of amides is 1. The van der Waals surface area contributed by atoms with Crippen molar-refractivity contribution >= 4 is 139 Å². The van der Waals surface area contributed by atoms with Gasteiger partial charge in [-0.1, -0.05) is 194 Å². The molecule has 0 atom stereocenters. The summed E-state index contributed by atoms with van der Waals surface area (Å²) in [6, 6.07) is 67.7. The van der Waals surface area contributed by atoms with E-state index in [1.165, 1.54) is 12.2 Å². The summed E-state index contributed by atoms with van der Waals surface area (Å²) in [6.07, 6.45) is 10.7. The van der Waals surface area contributed by atoms with Gasteiger partial charge in [0.15, 0.2) is 5.71 Å². The van der Waals surface area contributed by atoms with Crippen LogP contribution in [0.25, 0.3) is 16.7 Å². The number of fused-ring (bicyclic) bond motifs is 2. The van der Waals surface area contributed by atoms with Crippen molar-refractivity contribution in [1.29, 1.82) is 0 Å². The van der Waals surface area contributed by atoms with Crippen molar-refractivity contribution in [2.24, 2.45) is 25.0 Å². The first-order valence-electron chi connectivity index (χ1n) is 39.5. The molecule has 0 unspecified atom stereocenters. The molecule has 0 N–H and O–H groups in total. The molecule has 0 fully saturated rings. The minimum absolute atomic E-state index is 0. The van der Waals surface area contributed by atoms with Gasteiger partial charge >= 0.3 is 29.8 Å². The number of rotatable bonds is 15. The molecule has 21 heteroatoms. The molecule has 18 nitrogen and oxygen atoms in total. The molecule has 0 radical (unpaired) electrons. The van der Waals surface area contributed by atoms with E-state index in [-0.39, 0.29) is 79.9 Å². The van der Waals surface area contributed by atoms with Crippen LogP contribution in [0.4, 0.5) is 51.2 Å². The SMILES string of the molecule is CC.CC.CC.CC.CC.CC.CC.CC.CN(C)c1ccc(C=Nc2ccc(C3=Nc4c([c-]ccc4C4=CC(=O)OC4=O)C3)cc2)cc1.CN(C)c1ccc(C=Nc2ccc(C3=Nc4c([c-]ccc4C4=CC(=O)OC4=O)C3)cc2)cc1.CN(C)c1ccc(C=Nc2ccc(C3=[N+]4C(=O)C=C(C(=O)[O-])c5cc[c-]c(c54)C3)cc2)cc1.[W].[W].[W]. The van der Waals surface area contributed by atoms with Crippen LogP contribution in [0.3, 0.4) is 0 Å². The molecule has 15 rings (SSSR count). The van der Waals surface area contributed by atoms with Gasteiger partial charge in [-0.3, -0.25) is 15.0 Å². The smallest absolute Gasteiger partial charge is 0.407 e. The van der Waals surface area contributed by atoms with Crippen LogP contribution >= 0.6 is 0 Å². The molecule has 616 valence electrons. The average Bonchev–Trinajstić information content (AvgIpc) is 1.57. The van der Waals surface area contributed by atoms with E-state index in [9.17, 15) is 33.9 Å². The van der Waals surface area contributed by atoms with Gasteiger partial charge in [-0.15, -0.1) is 11.1 Å². The second-order valence-corrected chi connectivity index (χ2v) is 24.2. The maximum Gasteiger partial charge on any atom is 0.407 e. The fourth-order valence-electron chi connectivity index (χ4n) is 11.8. The van der Waals surface area contributed by atoms with Crippen molar-refractivity contribution in [3.8, 4) is 0 Å². The zero-order chi connectivity index (χ0) is 85.0. The first kappa shape index (κ1) is 103. The van der Waals surface area contributed by atoms with Gasteiger partial charge in [-0.05, 0) is 143 Å². The topological polar surface area (TPSA) is 218 Å². The van der Waals surface area contributed by atoms with Gasteiger partial charge in [0.2, 0.25) is 0 Å². The molecule has 9 aromatic carbocycles. The molecule has 0 bridgehead atoms. The van der Waals surface area contributed by atoms with Gasteiger partial charge in [0.1, 0.15) is 5.69 Å². The van der Waals surface area contributed by atoms with Gasteiger partial charge in [0.05, 0.1) is 40.3 Å². The van der Waals surface area contributed by atoms with E-state index in [0.717, 1.165) is 107 Å². The van der Waals surface area contributed by atoms with Gasteiger partial charge < -0.3 is 44.1 Å². The summed E-state index contributed by atoms with van der Waals surface area (Å²) in [5, 5.41) is 11.5. The Labute approximate surface area is 742 Å². The van der Waals surface area contributed by atoms with Gasteiger partial charge in [-0.2, -0.15) is 59.2 Å². The summed E-state index contributed by atoms with van der Waals surface area (Å²) in [5.74, 6) is -4.33. The van der Waals surface area contributed by atoms with E-state index in [1.54, 1.807) is 41.0 Å². The predicted molar refractivity (Wildman–Crippen MR) is 474 cm³/mol. The molecule has 0 spiro atoms. The second kappa shape index (κ2) is 52.7. The van der Waals surface area contributed by atoms with Crippen molar-refractivity contribution in [1.82, 2.24) is 0 Å². The summed E-state index contributed by atoms with van der Waals surface area (Å²) < 4.78 is 10.9. The number of aliphatic imine (C=N–C) groups is 5. The third-order valence-corrected chi connectivity index (χ3v) is 17.0. The molecular weight excluding hydrogens is 1990 g/mol. The Kier molecular flexibility index (Phi) is 46.1. The number of esters is 4. The van der Waals surface area contributed by atoms with Crippen molar-refractivity contribution in [2.75, 3.05) is 57.0 Å². The van der Waals surface area contributed by atoms with Crippen molar-refractivity contribution in [3.05, 3.63) is 285 Å². The molecule has 1 amide bonds. The predicted octanol–water partition coefficient (Wildman–Crippen LogP) is 19.8. The van der Waals surface area contributed by atoms with E-state index in [1.807, 2.05) is 298 Å². The number of benzene rings is 9. The largest absolute Gasteiger partial charge is 0.545 e. The summed E-state index contributed by atoms with van der Waals surface area (Å²) in [5.41, 5.74) is 20.8. The maximum absolute atomic E-state index is 12.8. The number of aliphatic carboxylic acids is 1. The standard InChI is InChI=1S/2C27H20N3O3.C27H21N3O3.8C2H6.3W/c2*1-30(2)21-12-6-17(7-13-21)16-28-20-10-8-18(9-11-20)24-14-19-4-3-5-22(26(19)29-24)23-15-25(31)33-27(23)32;1-29(2)21-12-6-17(7-13-21)16-28-20-10-8-18(9-11-20)24-14-19-4-3-5-22-23(27(32)33)15-25(31)30(24)26(19)22;8*1-2;;;/h2*3,5-13,15-16H,14H2,1-2H3;3,5-13,15-16H,14H2,1-2H3,(H,32,33);8*1-2H3;;;/q2*-1;;;;;;;;;;;;/p-1. The number of cyclic esters (lactones) is 4. The molecule has 118 heavy (non-hydrogen) atoms. The summed E-state index contributed by atoms with van der Waals surface area (Å²) >= 11 is 0. The normalized spacial score (nSPS) is 12.8. The van der Waals surface area contributed by atoms with E-state index in [0.29, 0.717) is 53.0 Å². The number of hydrogen-bond donors (Lipinski definition) is 0. The Morgan fingerprint density at radius 1 is 0.398 bits per heavy atom. The van der Waals surface area contributed by atoms with Crippen LogP contribution in [0.15, 0.2) is 225 Å². The van der Waals surface area contributed by atoms with Crippen LogP contribution in [0.1, 0.15) is 178 Å². The molecule has 6 aliphatic heterocycles. The molecule has 0 saturated heterocycles. The minimum Gasteiger partial charge on any atom is -0.545 e. The zero-order valence-electron chi connectivity index (χ0n) is 71.8. The number of nitrogens with zero attached hydrogens (tertiary/aromatic N) is 9. The van der Waals surface area contributed by atoms with Crippen LogP contribution in [0.5, 0.6) is 0 Å². The summed E-state index contributed by atoms with van der Waals surface area (Å²) in [4.78, 5) is 101. The van der Waals surface area contributed by atoms with Crippen LogP contribution in [-0.4, -0.2) is 118 Å². The number of carboxylic acid groups (broad SMARTS) is 1.